The van der Waals surface area contributed by atoms with E-state index in [0.29, 0.717) is 13.2 Å². The van der Waals surface area contributed by atoms with Gasteiger partial charge in [0, 0.05) is 30.3 Å². The van der Waals surface area contributed by atoms with Crippen molar-refractivity contribution >= 4 is 10.9 Å². The molecule has 0 unspecified atom stereocenters. The highest BCUT2D eigenvalue weighted by Crippen LogP contribution is 2.40. The van der Waals surface area contributed by atoms with E-state index in [1.165, 1.54) is 24.1 Å². The van der Waals surface area contributed by atoms with Crippen LogP contribution < -0.4 is 4.74 Å². The number of halogens is 1. The molecule has 0 bridgehead atoms. The van der Waals surface area contributed by atoms with Crippen LogP contribution in [0.25, 0.3) is 10.9 Å². The molecule has 0 spiro atoms. The van der Waals surface area contributed by atoms with Gasteiger partial charge in [-0.3, -0.25) is 4.90 Å². The largest absolute Gasteiger partial charge is 0.494 e. The second kappa shape index (κ2) is 8.21. The Morgan fingerprint density at radius 1 is 1.10 bits per heavy atom. The van der Waals surface area contributed by atoms with Gasteiger partial charge < -0.3 is 18.9 Å². The number of furan rings is 1. The van der Waals surface area contributed by atoms with Gasteiger partial charge >= 0.3 is 0 Å². The van der Waals surface area contributed by atoms with Crippen molar-refractivity contribution < 1.29 is 18.3 Å². The second-order valence-electron chi connectivity index (χ2n) is 7.88. The molecule has 1 N–H and O–H groups in total. The van der Waals surface area contributed by atoms with E-state index in [1.807, 2.05) is 24.3 Å². The quantitative estimate of drug-likeness (QED) is 0.466. The van der Waals surface area contributed by atoms with Gasteiger partial charge in [0.25, 0.3) is 0 Å². The predicted molar refractivity (Wildman–Crippen MR) is 117 cm³/mol. The summed E-state index contributed by atoms with van der Waals surface area (Å²) >= 11 is 0. The van der Waals surface area contributed by atoms with Crippen molar-refractivity contribution in [3.63, 3.8) is 0 Å². The van der Waals surface area contributed by atoms with Gasteiger partial charge in [0.05, 0.1) is 19.7 Å². The fourth-order valence-corrected chi connectivity index (χ4v) is 4.61. The summed E-state index contributed by atoms with van der Waals surface area (Å²) in [5, 5.41) is 1.25. The molecule has 0 saturated carbocycles. The highest BCUT2D eigenvalue weighted by atomic mass is 19.1. The summed E-state index contributed by atoms with van der Waals surface area (Å²) in [7, 11) is 3.15. The molecule has 1 atom stereocenters. The lowest BCUT2D eigenvalue weighted by Gasteiger charge is -2.35. The summed E-state index contributed by atoms with van der Waals surface area (Å²) in [6, 6.07) is 17.4. The number of benzene rings is 2. The lowest BCUT2D eigenvalue weighted by molar-refractivity contribution is 0.153. The number of methoxy groups -OCH3 is 2. The smallest absolute Gasteiger partial charge is 0.165 e. The van der Waals surface area contributed by atoms with E-state index in [9.17, 15) is 4.39 Å². The minimum atomic E-state index is -0.360. The summed E-state index contributed by atoms with van der Waals surface area (Å²) in [5.74, 6) is 1.58. The number of nitrogens with one attached hydrogen (secondary N) is 1. The van der Waals surface area contributed by atoms with E-state index < -0.39 is 0 Å². The van der Waals surface area contributed by atoms with Crippen molar-refractivity contribution in [1.29, 1.82) is 0 Å². The summed E-state index contributed by atoms with van der Waals surface area (Å²) in [6.45, 7) is 1.95. The molecule has 160 valence electrons. The molecule has 31 heavy (non-hydrogen) atoms. The summed E-state index contributed by atoms with van der Waals surface area (Å²) in [6.07, 6.45) is 0.930. The Labute approximate surface area is 180 Å². The third-order valence-electron chi connectivity index (χ3n) is 5.99. The number of rotatable bonds is 6. The topological polar surface area (TPSA) is 50.6 Å². The van der Waals surface area contributed by atoms with Crippen molar-refractivity contribution in [1.82, 2.24) is 9.88 Å². The van der Waals surface area contributed by atoms with E-state index in [1.54, 1.807) is 13.2 Å². The fourth-order valence-electron chi connectivity index (χ4n) is 4.61. The van der Waals surface area contributed by atoms with Crippen molar-refractivity contribution in [3.8, 4) is 5.75 Å². The maximum atomic E-state index is 14.1. The van der Waals surface area contributed by atoms with E-state index in [0.717, 1.165) is 41.3 Å². The molecule has 5 rings (SSSR count). The Morgan fingerprint density at radius 2 is 1.94 bits per heavy atom. The van der Waals surface area contributed by atoms with Crippen LogP contribution in [0.5, 0.6) is 5.75 Å². The molecule has 2 aromatic heterocycles. The number of aromatic nitrogens is 1. The van der Waals surface area contributed by atoms with Gasteiger partial charge in [-0.1, -0.05) is 24.3 Å². The van der Waals surface area contributed by atoms with Gasteiger partial charge in [-0.15, -0.1) is 0 Å². The number of nitrogens with zero attached hydrogens (tertiary/aromatic N) is 1. The minimum Gasteiger partial charge on any atom is -0.494 e. The third-order valence-corrected chi connectivity index (χ3v) is 5.99. The van der Waals surface area contributed by atoms with Crippen LogP contribution in [-0.2, 0) is 24.3 Å². The molecular formula is C25H25FN2O3. The van der Waals surface area contributed by atoms with Gasteiger partial charge in [-0.25, -0.2) is 4.39 Å². The first-order valence-electron chi connectivity index (χ1n) is 10.4. The molecule has 0 aliphatic carbocycles. The van der Waals surface area contributed by atoms with Crippen LogP contribution in [-0.4, -0.2) is 30.6 Å². The summed E-state index contributed by atoms with van der Waals surface area (Å²) in [4.78, 5) is 5.99. The maximum absolute atomic E-state index is 14.1. The molecule has 3 heterocycles. The van der Waals surface area contributed by atoms with E-state index in [-0.39, 0.29) is 17.6 Å². The molecule has 0 saturated heterocycles. The van der Waals surface area contributed by atoms with Gasteiger partial charge in [-0.2, -0.15) is 0 Å². The third kappa shape index (κ3) is 3.62. The number of hydrogen-bond donors (Lipinski definition) is 1. The Bertz CT molecular complexity index is 1210. The Morgan fingerprint density at radius 3 is 2.77 bits per heavy atom. The van der Waals surface area contributed by atoms with Crippen molar-refractivity contribution in [2.75, 3.05) is 20.8 Å². The zero-order valence-corrected chi connectivity index (χ0v) is 17.7. The molecule has 0 radical (unpaired) electrons. The van der Waals surface area contributed by atoms with E-state index in [2.05, 4.69) is 28.1 Å². The molecule has 1 aliphatic rings. The molecule has 1 aliphatic heterocycles. The first kappa shape index (κ1) is 19.8. The Hall–Kier alpha value is -3.09. The van der Waals surface area contributed by atoms with Crippen LogP contribution in [0.2, 0.25) is 0 Å². The van der Waals surface area contributed by atoms with Crippen LogP contribution in [0, 0.1) is 5.82 Å². The second-order valence-corrected chi connectivity index (χ2v) is 7.88. The first-order chi connectivity index (χ1) is 15.2. The van der Waals surface area contributed by atoms with Crippen molar-refractivity contribution in [3.05, 3.63) is 88.8 Å². The standard InChI is InChI=1S/C25H25FN2O3/c1-29-15-18-9-8-17(31-18)14-28-12-11-20-19-5-3-4-6-22(19)27-24(20)25(28)16-7-10-21(26)23(13-16)30-2/h3-10,13,25,27H,11-12,14-15H2,1-2H3/t25-/m0/s1. The van der Waals surface area contributed by atoms with E-state index >= 15 is 0 Å². The van der Waals surface area contributed by atoms with Crippen LogP contribution in [0.15, 0.2) is 59.0 Å². The molecule has 6 heteroatoms. The van der Waals surface area contributed by atoms with Crippen molar-refractivity contribution in [2.24, 2.45) is 0 Å². The number of fused-ring (bicyclic) bond motifs is 3. The van der Waals surface area contributed by atoms with Crippen LogP contribution in [0.4, 0.5) is 4.39 Å². The van der Waals surface area contributed by atoms with Gasteiger partial charge in [0.2, 0.25) is 0 Å². The van der Waals surface area contributed by atoms with Crippen LogP contribution in [0.1, 0.15) is 34.4 Å². The maximum Gasteiger partial charge on any atom is 0.165 e. The average Bonchev–Trinajstić information content (AvgIpc) is 3.38. The highest BCUT2D eigenvalue weighted by Gasteiger charge is 2.32. The molecular weight excluding hydrogens is 395 g/mol. The van der Waals surface area contributed by atoms with Gasteiger partial charge in [0.1, 0.15) is 18.1 Å². The predicted octanol–water partition coefficient (Wildman–Crippen LogP) is 5.20. The van der Waals surface area contributed by atoms with Crippen molar-refractivity contribution in [2.45, 2.75) is 25.6 Å². The number of hydrogen-bond acceptors (Lipinski definition) is 4. The Balaban J connectivity index is 1.58. The molecule has 5 nitrogen and oxygen atoms in total. The zero-order valence-electron chi connectivity index (χ0n) is 17.7. The SMILES string of the molecule is COCc1ccc(CN2CCc3c([nH]c4ccccc34)[C@@H]2c2ccc(F)c(OC)c2)o1. The van der Waals surface area contributed by atoms with Crippen LogP contribution >= 0.6 is 0 Å². The van der Waals surface area contributed by atoms with Crippen LogP contribution in [0.3, 0.4) is 0 Å². The minimum absolute atomic E-state index is 0.0679. The lowest BCUT2D eigenvalue weighted by atomic mass is 9.92. The average molecular weight is 420 g/mol. The number of para-hydroxylation sites is 1. The number of H-pyrrole nitrogens is 1. The molecule has 0 amide bonds. The highest BCUT2D eigenvalue weighted by molar-refractivity contribution is 5.85. The van der Waals surface area contributed by atoms with E-state index in [4.69, 9.17) is 13.9 Å². The Kier molecular flexibility index (Phi) is 5.26. The number of aromatic amines is 1. The normalized spacial score (nSPS) is 16.5. The zero-order chi connectivity index (χ0) is 21.4. The molecule has 0 fully saturated rings. The van der Waals surface area contributed by atoms with Gasteiger partial charge in [0.15, 0.2) is 11.6 Å². The first-order valence-corrected chi connectivity index (χ1v) is 10.4. The fraction of sp³-hybridized carbons (Fsp3) is 0.280. The molecule has 4 aromatic rings. The lowest BCUT2D eigenvalue weighted by Crippen LogP contribution is -2.35. The van der Waals surface area contributed by atoms with Gasteiger partial charge in [-0.05, 0) is 47.9 Å². The summed E-state index contributed by atoms with van der Waals surface area (Å²) < 4.78 is 30.6. The monoisotopic (exact) mass is 420 g/mol. The number of ether oxygens (including phenoxy) is 2. The summed E-state index contributed by atoms with van der Waals surface area (Å²) in [5.41, 5.74) is 4.56. The molecule has 2 aromatic carbocycles.